The van der Waals surface area contributed by atoms with Crippen LogP contribution >= 0.6 is 12.4 Å². The highest BCUT2D eigenvalue weighted by Gasteiger charge is 2.16. The predicted molar refractivity (Wildman–Crippen MR) is 138 cm³/mol. The van der Waals surface area contributed by atoms with Crippen molar-refractivity contribution in [3.8, 4) is 0 Å². The SMILES string of the molecule is Cl.NCCCN1CCN(CCCNc2nc3ccccc3c3[nH]c4ccccc4c23)CC1. The van der Waals surface area contributed by atoms with E-state index in [0.717, 1.165) is 82.1 Å². The quantitative estimate of drug-likeness (QED) is 0.351. The second-order valence-electron chi connectivity index (χ2n) is 8.50. The zero-order valence-corrected chi connectivity index (χ0v) is 19.3. The molecule has 0 bridgehead atoms. The number of para-hydroxylation sites is 2. The summed E-state index contributed by atoms with van der Waals surface area (Å²) in [4.78, 5) is 13.7. The summed E-state index contributed by atoms with van der Waals surface area (Å²) in [5.74, 6) is 0.984. The largest absolute Gasteiger partial charge is 0.369 e. The van der Waals surface area contributed by atoms with Gasteiger partial charge in [0.1, 0.15) is 5.82 Å². The van der Waals surface area contributed by atoms with Gasteiger partial charge in [-0.05, 0) is 44.6 Å². The first-order valence-corrected chi connectivity index (χ1v) is 11.5. The van der Waals surface area contributed by atoms with E-state index in [1.54, 1.807) is 0 Å². The molecule has 1 fully saturated rings. The van der Waals surface area contributed by atoms with Gasteiger partial charge in [-0.3, -0.25) is 0 Å². The van der Waals surface area contributed by atoms with Crippen molar-refractivity contribution in [2.45, 2.75) is 12.8 Å². The molecule has 6 nitrogen and oxygen atoms in total. The molecule has 0 saturated carbocycles. The Labute approximate surface area is 195 Å². The van der Waals surface area contributed by atoms with Crippen molar-refractivity contribution >= 4 is 50.9 Å². The van der Waals surface area contributed by atoms with Crippen LogP contribution in [0.3, 0.4) is 0 Å². The molecule has 0 spiro atoms. The number of piperazine rings is 1. The van der Waals surface area contributed by atoms with E-state index in [1.165, 1.54) is 21.7 Å². The minimum absolute atomic E-state index is 0. The maximum absolute atomic E-state index is 5.64. The molecule has 1 saturated heterocycles. The molecule has 5 rings (SSSR count). The molecule has 3 heterocycles. The molecule has 2 aromatic carbocycles. The third kappa shape index (κ3) is 4.69. The number of hydrogen-bond acceptors (Lipinski definition) is 5. The number of hydrogen-bond donors (Lipinski definition) is 3. The summed E-state index contributed by atoms with van der Waals surface area (Å²) < 4.78 is 0. The van der Waals surface area contributed by atoms with Gasteiger partial charge < -0.3 is 25.8 Å². The number of nitrogens with zero attached hydrogens (tertiary/aromatic N) is 3. The molecule has 0 unspecified atom stereocenters. The molecule has 4 N–H and O–H groups in total. The molecule has 0 atom stereocenters. The molecular weight excluding hydrogens is 420 g/mol. The maximum atomic E-state index is 5.64. The number of nitrogens with one attached hydrogen (secondary N) is 2. The lowest BCUT2D eigenvalue weighted by atomic mass is 10.1. The molecule has 0 radical (unpaired) electrons. The Bertz CT molecular complexity index is 1170. The number of nitrogens with two attached hydrogens (primary N) is 1. The summed E-state index contributed by atoms with van der Waals surface area (Å²) in [6, 6.07) is 16.9. The number of benzene rings is 2. The van der Waals surface area contributed by atoms with Crippen molar-refractivity contribution in [2.24, 2.45) is 5.73 Å². The van der Waals surface area contributed by atoms with Crippen molar-refractivity contribution in [3.05, 3.63) is 48.5 Å². The zero-order valence-electron chi connectivity index (χ0n) is 18.5. The molecule has 2 aromatic heterocycles. The Hall–Kier alpha value is -2.38. The van der Waals surface area contributed by atoms with Crippen LogP contribution in [0.4, 0.5) is 5.82 Å². The number of halogens is 1. The van der Waals surface area contributed by atoms with Crippen LogP contribution in [-0.4, -0.2) is 72.1 Å². The van der Waals surface area contributed by atoms with Crippen LogP contribution in [0.5, 0.6) is 0 Å². The van der Waals surface area contributed by atoms with Crippen LogP contribution in [0, 0.1) is 0 Å². The van der Waals surface area contributed by atoms with Gasteiger partial charge in [0.2, 0.25) is 0 Å². The van der Waals surface area contributed by atoms with Crippen LogP contribution in [0.1, 0.15) is 12.8 Å². The number of H-pyrrole nitrogens is 1. The first-order chi connectivity index (χ1) is 15.3. The van der Waals surface area contributed by atoms with E-state index >= 15 is 0 Å². The number of fused-ring (bicyclic) bond motifs is 5. The number of anilines is 1. The second-order valence-corrected chi connectivity index (χ2v) is 8.50. The fraction of sp³-hybridized carbons (Fsp3) is 0.400. The summed E-state index contributed by atoms with van der Waals surface area (Å²) >= 11 is 0. The molecule has 7 heteroatoms. The fourth-order valence-corrected chi connectivity index (χ4v) is 4.74. The number of aromatic amines is 1. The first-order valence-electron chi connectivity index (χ1n) is 11.5. The highest BCUT2D eigenvalue weighted by molar-refractivity contribution is 6.20. The van der Waals surface area contributed by atoms with Crippen molar-refractivity contribution in [2.75, 3.05) is 57.7 Å². The van der Waals surface area contributed by atoms with E-state index in [2.05, 4.69) is 68.6 Å². The van der Waals surface area contributed by atoms with Crippen molar-refractivity contribution in [3.63, 3.8) is 0 Å². The second kappa shape index (κ2) is 10.5. The molecular formula is C25H33ClN6. The van der Waals surface area contributed by atoms with Gasteiger partial charge in [-0.25, -0.2) is 4.98 Å². The standard InChI is InChI=1S/C25H32N6.ClH/c26-11-5-13-30-15-17-31(18-16-30)14-6-12-27-25-23-19-7-1-3-9-21(19)28-24(23)20-8-2-4-10-22(20)29-25;/h1-4,7-10,28H,5-6,11-18,26H2,(H,27,29);1H. The van der Waals surface area contributed by atoms with Crippen LogP contribution < -0.4 is 11.1 Å². The van der Waals surface area contributed by atoms with Gasteiger partial charge in [0, 0.05) is 49.0 Å². The smallest absolute Gasteiger partial charge is 0.136 e. The van der Waals surface area contributed by atoms with Gasteiger partial charge in [-0.15, -0.1) is 12.4 Å². The predicted octanol–water partition coefficient (Wildman–Crippen LogP) is 4.06. The molecule has 4 aromatic rings. The van der Waals surface area contributed by atoms with Crippen LogP contribution in [0.25, 0.3) is 32.7 Å². The summed E-state index contributed by atoms with van der Waals surface area (Å²) in [6.07, 6.45) is 2.21. The van der Waals surface area contributed by atoms with Crippen molar-refractivity contribution in [1.29, 1.82) is 0 Å². The molecule has 1 aliphatic rings. The lowest BCUT2D eigenvalue weighted by Gasteiger charge is -2.34. The first kappa shape index (κ1) is 22.8. The molecule has 32 heavy (non-hydrogen) atoms. The minimum Gasteiger partial charge on any atom is -0.369 e. The highest BCUT2D eigenvalue weighted by atomic mass is 35.5. The van der Waals surface area contributed by atoms with Gasteiger partial charge >= 0.3 is 0 Å². The van der Waals surface area contributed by atoms with E-state index in [0.29, 0.717) is 0 Å². The van der Waals surface area contributed by atoms with Gasteiger partial charge in [0.25, 0.3) is 0 Å². The number of pyridine rings is 1. The summed E-state index contributed by atoms with van der Waals surface area (Å²) in [7, 11) is 0. The monoisotopic (exact) mass is 452 g/mol. The van der Waals surface area contributed by atoms with E-state index < -0.39 is 0 Å². The summed E-state index contributed by atoms with van der Waals surface area (Å²) in [5.41, 5.74) is 8.99. The summed E-state index contributed by atoms with van der Waals surface area (Å²) in [6.45, 7) is 8.62. The lowest BCUT2D eigenvalue weighted by molar-refractivity contribution is 0.132. The topological polar surface area (TPSA) is 73.2 Å². The van der Waals surface area contributed by atoms with Crippen LogP contribution in [-0.2, 0) is 0 Å². The lowest BCUT2D eigenvalue weighted by Crippen LogP contribution is -2.47. The van der Waals surface area contributed by atoms with Gasteiger partial charge in [-0.1, -0.05) is 36.4 Å². The molecule has 0 amide bonds. The van der Waals surface area contributed by atoms with Gasteiger partial charge in [-0.2, -0.15) is 0 Å². The molecule has 170 valence electrons. The van der Waals surface area contributed by atoms with Gasteiger partial charge in [0.05, 0.1) is 16.4 Å². The van der Waals surface area contributed by atoms with Crippen molar-refractivity contribution in [1.82, 2.24) is 19.8 Å². The highest BCUT2D eigenvalue weighted by Crippen LogP contribution is 2.34. The maximum Gasteiger partial charge on any atom is 0.136 e. The van der Waals surface area contributed by atoms with Gasteiger partial charge in [0.15, 0.2) is 0 Å². The van der Waals surface area contributed by atoms with E-state index in [-0.39, 0.29) is 12.4 Å². The van der Waals surface area contributed by atoms with E-state index in [9.17, 15) is 0 Å². The average Bonchev–Trinajstić information content (AvgIpc) is 3.21. The third-order valence-corrected chi connectivity index (χ3v) is 6.44. The zero-order chi connectivity index (χ0) is 21.0. The molecule has 1 aliphatic heterocycles. The number of rotatable bonds is 8. The Balaban J connectivity index is 0.00000245. The summed E-state index contributed by atoms with van der Waals surface area (Å²) in [5, 5.41) is 7.25. The average molecular weight is 453 g/mol. The van der Waals surface area contributed by atoms with Crippen molar-refractivity contribution < 1.29 is 0 Å². The fourth-order valence-electron chi connectivity index (χ4n) is 4.74. The van der Waals surface area contributed by atoms with Crippen LogP contribution in [0.15, 0.2) is 48.5 Å². The molecule has 0 aliphatic carbocycles. The van der Waals surface area contributed by atoms with E-state index in [4.69, 9.17) is 10.7 Å². The Morgan fingerprint density at radius 1 is 0.875 bits per heavy atom. The third-order valence-electron chi connectivity index (χ3n) is 6.44. The Morgan fingerprint density at radius 3 is 2.28 bits per heavy atom. The number of aromatic nitrogens is 2. The Morgan fingerprint density at radius 2 is 1.53 bits per heavy atom. The van der Waals surface area contributed by atoms with E-state index in [1.807, 2.05) is 0 Å². The van der Waals surface area contributed by atoms with Crippen LogP contribution in [0.2, 0.25) is 0 Å². The normalized spacial score (nSPS) is 15.4. The minimum atomic E-state index is 0. The Kier molecular flexibility index (Phi) is 7.48.